The van der Waals surface area contributed by atoms with E-state index in [0.717, 1.165) is 6.42 Å². The standard InChI is InChI=1S/C14H23NO3/c1-9(2)6-12(17)8-15-10(3)13-7-11(16)4-5-14(13)18/h4-5,7,9-10,12,15-18H,6,8H2,1-3H3. The predicted octanol–water partition coefficient (Wildman–Crippen LogP) is 2.16. The van der Waals surface area contributed by atoms with Crippen molar-refractivity contribution in [3.63, 3.8) is 0 Å². The maximum atomic E-state index is 9.76. The lowest BCUT2D eigenvalue weighted by Crippen LogP contribution is -2.30. The van der Waals surface area contributed by atoms with E-state index in [0.29, 0.717) is 18.0 Å². The largest absolute Gasteiger partial charge is 0.508 e. The molecule has 0 aliphatic rings. The topological polar surface area (TPSA) is 72.7 Å². The summed E-state index contributed by atoms with van der Waals surface area (Å²) < 4.78 is 0. The smallest absolute Gasteiger partial charge is 0.120 e. The highest BCUT2D eigenvalue weighted by Crippen LogP contribution is 2.27. The third kappa shape index (κ3) is 4.55. The SMILES string of the molecule is CC(C)CC(O)CNC(C)c1cc(O)ccc1O. The molecule has 102 valence electrons. The van der Waals surface area contributed by atoms with Crippen LogP contribution in [0.2, 0.25) is 0 Å². The van der Waals surface area contributed by atoms with E-state index >= 15 is 0 Å². The summed E-state index contributed by atoms with van der Waals surface area (Å²) in [4.78, 5) is 0. The van der Waals surface area contributed by atoms with Crippen LogP contribution < -0.4 is 5.32 Å². The summed E-state index contributed by atoms with van der Waals surface area (Å²) in [6.07, 6.45) is 0.345. The van der Waals surface area contributed by atoms with Gasteiger partial charge in [0.2, 0.25) is 0 Å². The zero-order valence-corrected chi connectivity index (χ0v) is 11.2. The minimum absolute atomic E-state index is 0.124. The van der Waals surface area contributed by atoms with Crippen molar-refractivity contribution in [3.8, 4) is 11.5 Å². The van der Waals surface area contributed by atoms with Gasteiger partial charge in [-0.05, 0) is 37.5 Å². The molecular weight excluding hydrogens is 230 g/mol. The lowest BCUT2D eigenvalue weighted by molar-refractivity contribution is 0.143. The zero-order valence-electron chi connectivity index (χ0n) is 11.2. The first-order valence-electron chi connectivity index (χ1n) is 6.33. The van der Waals surface area contributed by atoms with E-state index < -0.39 is 6.10 Å². The lowest BCUT2D eigenvalue weighted by atomic mass is 10.0. The molecule has 1 aromatic rings. The Morgan fingerprint density at radius 1 is 1.17 bits per heavy atom. The van der Waals surface area contributed by atoms with E-state index in [4.69, 9.17) is 0 Å². The first-order chi connectivity index (χ1) is 8.40. The molecule has 4 heteroatoms. The first-order valence-corrected chi connectivity index (χ1v) is 6.33. The number of aromatic hydroxyl groups is 2. The van der Waals surface area contributed by atoms with Crippen LogP contribution in [0.25, 0.3) is 0 Å². The van der Waals surface area contributed by atoms with E-state index in [1.165, 1.54) is 18.2 Å². The first kappa shape index (κ1) is 14.8. The second kappa shape index (κ2) is 6.61. The molecule has 4 nitrogen and oxygen atoms in total. The van der Waals surface area contributed by atoms with Gasteiger partial charge in [0.25, 0.3) is 0 Å². The maximum Gasteiger partial charge on any atom is 0.120 e. The molecule has 2 atom stereocenters. The van der Waals surface area contributed by atoms with Gasteiger partial charge in [-0.2, -0.15) is 0 Å². The molecule has 0 aliphatic carbocycles. The normalized spacial score (nSPS) is 14.7. The number of aliphatic hydroxyl groups is 1. The van der Waals surface area contributed by atoms with E-state index in [1.54, 1.807) is 0 Å². The molecule has 1 aromatic carbocycles. The Bertz CT molecular complexity index is 379. The van der Waals surface area contributed by atoms with Crippen molar-refractivity contribution in [3.05, 3.63) is 23.8 Å². The molecule has 0 bridgehead atoms. The molecule has 4 N–H and O–H groups in total. The average molecular weight is 253 g/mol. The van der Waals surface area contributed by atoms with Crippen LogP contribution in [0.4, 0.5) is 0 Å². The summed E-state index contributed by atoms with van der Waals surface area (Å²) in [7, 11) is 0. The van der Waals surface area contributed by atoms with Gasteiger partial charge in [0.15, 0.2) is 0 Å². The molecule has 0 heterocycles. The van der Waals surface area contributed by atoms with Crippen LogP contribution in [0.5, 0.6) is 11.5 Å². The number of phenols is 2. The molecule has 0 radical (unpaired) electrons. The number of nitrogens with one attached hydrogen (secondary N) is 1. The quantitative estimate of drug-likeness (QED) is 0.586. The van der Waals surface area contributed by atoms with Gasteiger partial charge in [-0.25, -0.2) is 0 Å². The van der Waals surface area contributed by atoms with Gasteiger partial charge < -0.3 is 20.6 Å². The van der Waals surface area contributed by atoms with Crippen molar-refractivity contribution >= 4 is 0 Å². The number of hydrogen-bond donors (Lipinski definition) is 4. The second-order valence-electron chi connectivity index (χ2n) is 5.16. The van der Waals surface area contributed by atoms with Crippen molar-refractivity contribution in [1.29, 1.82) is 0 Å². The molecule has 0 spiro atoms. The van der Waals surface area contributed by atoms with Gasteiger partial charge in [-0.3, -0.25) is 0 Å². The Morgan fingerprint density at radius 2 is 1.83 bits per heavy atom. The van der Waals surface area contributed by atoms with Crippen LogP contribution in [-0.2, 0) is 0 Å². The van der Waals surface area contributed by atoms with Gasteiger partial charge >= 0.3 is 0 Å². The van der Waals surface area contributed by atoms with Gasteiger partial charge in [-0.15, -0.1) is 0 Å². The third-order valence-electron chi connectivity index (χ3n) is 2.88. The Kier molecular flexibility index (Phi) is 5.44. The average Bonchev–Trinajstić information content (AvgIpc) is 2.28. The molecule has 0 aliphatic heterocycles. The highest BCUT2D eigenvalue weighted by atomic mass is 16.3. The van der Waals surface area contributed by atoms with E-state index in [1.807, 2.05) is 6.92 Å². The van der Waals surface area contributed by atoms with Crippen LogP contribution in [0.1, 0.15) is 38.8 Å². The number of aliphatic hydroxyl groups excluding tert-OH is 1. The minimum atomic E-state index is -0.396. The Labute approximate surface area is 108 Å². The summed E-state index contributed by atoms with van der Waals surface area (Å²) >= 11 is 0. The van der Waals surface area contributed by atoms with Crippen molar-refractivity contribution in [2.45, 2.75) is 39.3 Å². The van der Waals surface area contributed by atoms with Crippen LogP contribution in [0.15, 0.2) is 18.2 Å². The minimum Gasteiger partial charge on any atom is -0.508 e. The fourth-order valence-corrected chi connectivity index (χ4v) is 1.94. The third-order valence-corrected chi connectivity index (χ3v) is 2.88. The molecule has 0 saturated carbocycles. The van der Waals surface area contributed by atoms with Crippen LogP contribution in [0, 0.1) is 5.92 Å². The number of rotatable bonds is 6. The molecule has 2 unspecified atom stereocenters. The fraction of sp³-hybridized carbons (Fsp3) is 0.571. The summed E-state index contributed by atoms with van der Waals surface area (Å²) in [5.74, 6) is 0.719. The lowest BCUT2D eigenvalue weighted by Gasteiger charge is -2.19. The number of phenolic OH excluding ortho intramolecular Hbond substituents is 2. The van der Waals surface area contributed by atoms with Gasteiger partial charge in [0.05, 0.1) is 6.10 Å². The van der Waals surface area contributed by atoms with Crippen molar-refractivity contribution < 1.29 is 15.3 Å². The maximum absolute atomic E-state index is 9.76. The second-order valence-corrected chi connectivity index (χ2v) is 5.16. The summed E-state index contributed by atoms with van der Waals surface area (Å²) in [5.41, 5.74) is 0.631. The van der Waals surface area contributed by atoms with Crippen LogP contribution in [-0.4, -0.2) is 28.0 Å². The van der Waals surface area contributed by atoms with Crippen molar-refractivity contribution in [1.82, 2.24) is 5.32 Å². The van der Waals surface area contributed by atoms with Gasteiger partial charge in [0.1, 0.15) is 11.5 Å². The predicted molar refractivity (Wildman–Crippen MR) is 71.7 cm³/mol. The fourth-order valence-electron chi connectivity index (χ4n) is 1.94. The highest BCUT2D eigenvalue weighted by molar-refractivity contribution is 5.40. The van der Waals surface area contributed by atoms with Gasteiger partial charge in [0, 0.05) is 18.2 Å². The molecular formula is C14H23NO3. The van der Waals surface area contributed by atoms with Crippen LogP contribution >= 0.6 is 0 Å². The molecule has 0 aromatic heterocycles. The molecule has 18 heavy (non-hydrogen) atoms. The van der Waals surface area contributed by atoms with Crippen molar-refractivity contribution in [2.24, 2.45) is 5.92 Å². The van der Waals surface area contributed by atoms with E-state index in [2.05, 4.69) is 19.2 Å². The molecule has 0 fully saturated rings. The molecule has 0 amide bonds. The van der Waals surface area contributed by atoms with Crippen molar-refractivity contribution in [2.75, 3.05) is 6.54 Å². The molecule has 0 saturated heterocycles. The van der Waals surface area contributed by atoms with E-state index in [9.17, 15) is 15.3 Å². The Morgan fingerprint density at radius 3 is 2.44 bits per heavy atom. The van der Waals surface area contributed by atoms with E-state index in [-0.39, 0.29) is 17.5 Å². The monoisotopic (exact) mass is 253 g/mol. The molecule has 1 rings (SSSR count). The zero-order chi connectivity index (χ0) is 13.7. The van der Waals surface area contributed by atoms with Gasteiger partial charge in [-0.1, -0.05) is 13.8 Å². The summed E-state index contributed by atoms with van der Waals surface area (Å²) in [5, 5.41) is 32.0. The van der Waals surface area contributed by atoms with Crippen LogP contribution in [0.3, 0.4) is 0 Å². The number of hydrogen-bond acceptors (Lipinski definition) is 4. The highest BCUT2D eigenvalue weighted by Gasteiger charge is 2.13. The summed E-state index contributed by atoms with van der Waals surface area (Å²) in [6.45, 7) is 6.48. The summed E-state index contributed by atoms with van der Waals surface area (Å²) in [6, 6.07) is 4.31. The Balaban J connectivity index is 2.54. The Hall–Kier alpha value is -1.26. The number of benzene rings is 1.